The van der Waals surface area contributed by atoms with Gasteiger partial charge < -0.3 is 19.7 Å². The van der Waals surface area contributed by atoms with Gasteiger partial charge in [-0.05, 0) is 48.9 Å². The summed E-state index contributed by atoms with van der Waals surface area (Å²) in [6.07, 6.45) is 4.42. The minimum atomic E-state index is -0.940. The topological polar surface area (TPSA) is 117 Å². The monoisotopic (exact) mass is 532 g/mol. The van der Waals surface area contributed by atoms with Crippen LogP contribution in [0.1, 0.15) is 80.1 Å². The van der Waals surface area contributed by atoms with Crippen LogP contribution in [0.2, 0.25) is 0 Å². The smallest absolute Gasteiger partial charge is 0.303 e. The van der Waals surface area contributed by atoms with Crippen molar-refractivity contribution < 1.29 is 24.6 Å². The Morgan fingerprint density at radius 3 is 2.56 bits per heavy atom. The predicted octanol–water partition coefficient (Wildman–Crippen LogP) is 5.63. The molecule has 206 valence electrons. The maximum absolute atomic E-state index is 13.4. The Morgan fingerprint density at radius 1 is 1.15 bits per heavy atom. The van der Waals surface area contributed by atoms with Crippen LogP contribution in [-0.4, -0.2) is 44.5 Å². The average Bonchev–Trinajstić information content (AvgIpc) is 3.17. The molecule has 2 unspecified atom stereocenters. The van der Waals surface area contributed by atoms with Crippen molar-refractivity contribution in [1.82, 2.24) is 9.55 Å². The number of carbonyl (C=O) groups excluding carboxylic acids is 2. The number of carboxylic acid groups (broad SMARTS) is 1. The average molecular weight is 533 g/mol. The lowest BCUT2D eigenvalue weighted by atomic mass is 9.94. The molecule has 1 amide bonds. The van der Waals surface area contributed by atoms with Gasteiger partial charge in [0.15, 0.2) is 5.78 Å². The van der Waals surface area contributed by atoms with E-state index < -0.39 is 12.1 Å². The number of aromatic nitrogens is 2. The molecular weight excluding hydrogens is 496 g/mol. The van der Waals surface area contributed by atoms with Gasteiger partial charge in [0.25, 0.3) is 0 Å². The second-order valence-corrected chi connectivity index (χ2v) is 10.2. The number of amides is 1. The number of aliphatic hydroxyl groups is 1. The Balaban J connectivity index is 1.70. The van der Waals surface area contributed by atoms with E-state index in [0.717, 1.165) is 36.2 Å². The summed E-state index contributed by atoms with van der Waals surface area (Å²) in [5.41, 5.74) is 3.82. The summed E-state index contributed by atoms with van der Waals surface area (Å²) in [5, 5.41) is 20.4. The van der Waals surface area contributed by atoms with E-state index in [0.29, 0.717) is 35.1 Å². The number of hydrogen-bond acceptors (Lipinski definition) is 5. The van der Waals surface area contributed by atoms with Gasteiger partial charge in [-0.25, -0.2) is 9.83 Å². The number of fused-ring (bicyclic) bond motifs is 1. The lowest BCUT2D eigenvalue weighted by Crippen LogP contribution is -2.22. The van der Waals surface area contributed by atoms with Gasteiger partial charge in [0, 0.05) is 62.4 Å². The maximum atomic E-state index is 13.4. The molecule has 0 spiro atoms. The molecular formula is C30H36N4O5. The number of Topliss-reactive ketones (excluding diaryl/α,β-unsaturated/α-hetero) is 1. The first-order valence-corrected chi connectivity index (χ1v) is 13.2. The third kappa shape index (κ3) is 7.30. The minimum Gasteiger partial charge on any atom is -0.481 e. The number of nitrogens with zero attached hydrogens (tertiary/aromatic N) is 4. The molecule has 1 aromatic carbocycles. The van der Waals surface area contributed by atoms with Gasteiger partial charge in [0.2, 0.25) is 11.6 Å². The molecule has 2 atom stereocenters. The van der Waals surface area contributed by atoms with Crippen LogP contribution in [0.15, 0.2) is 36.5 Å². The number of carboxylic acids is 1. The molecule has 0 saturated carbocycles. The molecule has 0 fully saturated rings. The van der Waals surface area contributed by atoms with Gasteiger partial charge in [-0.15, -0.1) is 0 Å². The lowest BCUT2D eigenvalue weighted by molar-refractivity contribution is -0.137. The second kappa shape index (κ2) is 13.2. The van der Waals surface area contributed by atoms with Crippen LogP contribution in [0.3, 0.4) is 0 Å². The third-order valence-electron chi connectivity index (χ3n) is 7.10. The maximum Gasteiger partial charge on any atom is 0.303 e. The normalized spacial score (nSPS) is 12.6. The van der Waals surface area contributed by atoms with E-state index in [9.17, 15) is 19.5 Å². The zero-order chi connectivity index (χ0) is 28.7. The van der Waals surface area contributed by atoms with Crippen LogP contribution in [0, 0.1) is 12.5 Å². The lowest BCUT2D eigenvalue weighted by Gasteiger charge is -2.18. The molecule has 0 bridgehead atoms. The van der Waals surface area contributed by atoms with E-state index in [4.69, 9.17) is 11.7 Å². The third-order valence-corrected chi connectivity index (χ3v) is 7.10. The summed E-state index contributed by atoms with van der Waals surface area (Å²) < 4.78 is 1.89. The van der Waals surface area contributed by atoms with Gasteiger partial charge in [0.1, 0.15) is 5.65 Å². The Kier molecular flexibility index (Phi) is 9.96. The Hall–Kier alpha value is -4.03. The number of unbranched alkanes of at least 4 members (excludes halogenated alkanes) is 2. The van der Waals surface area contributed by atoms with E-state index in [2.05, 4.69) is 9.83 Å². The van der Waals surface area contributed by atoms with Crippen molar-refractivity contribution >= 4 is 40.1 Å². The number of aliphatic hydroxyl groups excluding tert-OH is 1. The highest BCUT2D eigenvalue weighted by Gasteiger charge is 2.24. The van der Waals surface area contributed by atoms with Crippen LogP contribution < -0.4 is 4.90 Å². The Morgan fingerprint density at radius 2 is 1.90 bits per heavy atom. The summed E-state index contributed by atoms with van der Waals surface area (Å²) in [7, 11) is 3.55. The van der Waals surface area contributed by atoms with Crippen molar-refractivity contribution in [2.24, 2.45) is 13.0 Å². The fraction of sp³-hybridized carbons (Fsp3) is 0.433. The van der Waals surface area contributed by atoms with Gasteiger partial charge in [-0.3, -0.25) is 14.4 Å². The predicted molar refractivity (Wildman–Crippen MR) is 150 cm³/mol. The fourth-order valence-corrected chi connectivity index (χ4v) is 4.90. The molecule has 3 aromatic rings. The summed E-state index contributed by atoms with van der Waals surface area (Å²) in [5.74, 6) is -1.47. The first-order chi connectivity index (χ1) is 18.5. The molecule has 2 heterocycles. The number of rotatable bonds is 13. The highest BCUT2D eigenvalue weighted by atomic mass is 16.4. The van der Waals surface area contributed by atoms with Crippen molar-refractivity contribution in [2.45, 2.75) is 64.9 Å². The van der Waals surface area contributed by atoms with Crippen LogP contribution in [-0.2, 0) is 23.1 Å². The number of pyridine rings is 1. The SMILES string of the molecule is [C-]#[N+]c1cnc2c(c1)c(C(=O)CC(C)CC(=O)O)c(CCCCCC(O)c1cccc(N(C)C(C)=O)c1)n2C. The van der Waals surface area contributed by atoms with Gasteiger partial charge in [-0.1, -0.05) is 31.9 Å². The number of aryl methyl sites for hydroxylation is 1. The van der Waals surface area contributed by atoms with Crippen LogP contribution in [0.5, 0.6) is 0 Å². The van der Waals surface area contributed by atoms with Gasteiger partial charge >= 0.3 is 5.97 Å². The highest BCUT2D eigenvalue weighted by molar-refractivity contribution is 6.09. The van der Waals surface area contributed by atoms with E-state index >= 15 is 0 Å². The number of hydrogen-bond donors (Lipinski definition) is 2. The summed E-state index contributed by atoms with van der Waals surface area (Å²) >= 11 is 0. The Labute approximate surface area is 228 Å². The van der Waals surface area contributed by atoms with Crippen molar-refractivity contribution in [2.75, 3.05) is 11.9 Å². The number of carbonyl (C=O) groups is 3. The first kappa shape index (κ1) is 29.5. The quantitative estimate of drug-likeness (QED) is 0.167. The van der Waals surface area contributed by atoms with Crippen LogP contribution in [0.4, 0.5) is 11.4 Å². The molecule has 0 aliphatic heterocycles. The molecule has 39 heavy (non-hydrogen) atoms. The number of benzene rings is 1. The van der Waals surface area contributed by atoms with E-state index in [-0.39, 0.29) is 30.4 Å². The van der Waals surface area contributed by atoms with E-state index in [1.54, 1.807) is 20.0 Å². The van der Waals surface area contributed by atoms with Crippen LogP contribution >= 0.6 is 0 Å². The van der Waals surface area contributed by atoms with Crippen molar-refractivity contribution in [3.63, 3.8) is 0 Å². The standard InChI is InChI=1S/C30H36N4O5/c1-19(15-28(38)39)14-27(37)29-24-17-22(31-3)18-32-30(24)34(5)25(29)12-7-6-8-13-26(36)21-10-9-11-23(16-21)33(4)20(2)35/h9-11,16-19,26,36H,6-8,12-15H2,1-2,4-5H3,(H,38,39). The summed E-state index contributed by atoms with van der Waals surface area (Å²) in [6, 6.07) is 9.03. The molecule has 9 heteroatoms. The van der Waals surface area contributed by atoms with E-state index in [1.807, 2.05) is 35.9 Å². The number of aliphatic carboxylic acids is 1. The van der Waals surface area contributed by atoms with Crippen molar-refractivity contribution in [3.8, 4) is 0 Å². The number of anilines is 1. The molecule has 9 nitrogen and oxygen atoms in total. The minimum absolute atomic E-state index is 0.0790. The molecule has 0 saturated heterocycles. The highest BCUT2D eigenvalue weighted by Crippen LogP contribution is 2.31. The molecule has 0 radical (unpaired) electrons. The number of ketones is 1. The Bertz CT molecular complexity index is 1400. The largest absolute Gasteiger partial charge is 0.481 e. The van der Waals surface area contributed by atoms with Gasteiger partial charge in [-0.2, -0.15) is 0 Å². The van der Waals surface area contributed by atoms with Crippen molar-refractivity contribution in [3.05, 3.63) is 64.8 Å². The summed E-state index contributed by atoms with van der Waals surface area (Å²) in [4.78, 5) is 45.6. The van der Waals surface area contributed by atoms with Crippen molar-refractivity contribution in [1.29, 1.82) is 0 Å². The zero-order valence-electron chi connectivity index (χ0n) is 23.0. The summed E-state index contributed by atoms with van der Waals surface area (Å²) in [6.45, 7) is 10.6. The second-order valence-electron chi connectivity index (χ2n) is 10.2. The van der Waals surface area contributed by atoms with Crippen LogP contribution in [0.25, 0.3) is 15.9 Å². The van der Waals surface area contributed by atoms with E-state index in [1.165, 1.54) is 18.0 Å². The molecule has 0 aliphatic carbocycles. The molecule has 2 aromatic heterocycles. The van der Waals surface area contributed by atoms with Gasteiger partial charge in [0.05, 0.1) is 12.7 Å². The first-order valence-electron chi connectivity index (χ1n) is 13.2. The fourth-order valence-electron chi connectivity index (χ4n) is 4.90. The molecule has 3 rings (SSSR count). The molecule has 2 N–H and O–H groups in total. The zero-order valence-corrected chi connectivity index (χ0v) is 23.0. The molecule has 0 aliphatic rings.